The van der Waals surface area contributed by atoms with E-state index in [-0.39, 0.29) is 31.9 Å². The molecule has 380 valence electrons. The summed E-state index contributed by atoms with van der Waals surface area (Å²) in [5, 5.41) is 6.77. The van der Waals surface area contributed by atoms with Gasteiger partial charge in [-0.3, -0.25) is 29.9 Å². The van der Waals surface area contributed by atoms with Crippen molar-refractivity contribution in [2.45, 2.75) is 0 Å². The molecule has 6 heterocycles. The fourth-order valence-electron chi connectivity index (χ4n) is 10.7. The van der Waals surface area contributed by atoms with Gasteiger partial charge in [-0.1, -0.05) is 218 Å². The Kier molecular flexibility index (Phi) is 15.7. The van der Waals surface area contributed by atoms with Crippen LogP contribution in [-0.2, 0) is 19.5 Å². The average molecular weight is 1140 g/mol. The molecular weight excluding hydrogens is 1090 g/mol. The van der Waals surface area contributed by atoms with Crippen LogP contribution in [0.5, 0.6) is 0 Å². The van der Waals surface area contributed by atoms with E-state index in [2.05, 4.69) is 248 Å². The largest absolute Gasteiger partial charge is 3.00 e. The second-order valence-corrected chi connectivity index (χ2v) is 18.9. The zero-order valence-corrected chi connectivity index (χ0v) is 45.5. The van der Waals surface area contributed by atoms with Crippen LogP contribution in [0.2, 0.25) is 0 Å². The van der Waals surface area contributed by atoms with Gasteiger partial charge < -0.3 is 12.4 Å². The van der Waals surface area contributed by atoms with Gasteiger partial charge in [0, 0.05) is 69.5 Å². The maximum absolute atomic E-state index is 4.67. The zero-order valence-electron chi connectivity index (χ0n) is 43.1. The normalized spacial score (nSPS) is 10.8. The molecule has 6 aromatic heterocycles. The molecule has 8 heteroatoms. The molecule has 80 heavy (non-hydrogen) atoms. The van der Waals surface area contributed by atoms with Crippen molar-refractivity contribution < 1.29 is 31.9 Å². The molecule has 0 radical (unpaired) electrons. The third-order valence-electron chi connectivity index (χ3n) is 14.4. The molecule has 0 aliphatic rings. The summed E-state index contributed by atoms with van der Waals surface area (Å²) in [6.07, 6.45) is 11.3. The molecule has 0 spiro atoms. The quantitative estimate of drug-likeness (QED) is 0.122. The number of benzene rings is 9. The van der Waals surface area contributed by atoms with Gasteiger partial charge in [0.2, 0.25) is 0 Å². The van der Waals surface area contributed by atoms with E-state index in [1.165, 1.54) is 66.8 Å². The van der Waals surface area contributed by atoms with Crippen molar-refractivity contribution in [3.05, 3.63) is 292 Å². The standard InChI is InChI=1S/3C24H16N2.ClH.Rh/c3*1-3-7-17(8-4-1)19-13-15-25-23-21(19)11-12-22-20(14-16-26-24(22)23)18-9-5-2-6-10-18;;/h3*1-16H;1H;/q;;;;+3/p-1. The fraction of sp³-hybridized carbons (Fsp3) is 0. The molecule has 15 rings (SSSR count). The molecule has 0 aliphatic carbocycles. The maximum atomic E-state index is 4.67. The first-order valence-electron chi connectivity index (χ1n) is 26.1. The van der Waals surface area contributed by atoms with Gasteiger partial charge >= 0.3 is 19.5 Å². The van der Waals surface area contributed by atoms with E-state index in [4.69, 9.17) is 0 Å². The Morgan fingerprint density at radius 2 is 0.300 bits per heavy atom. The van der Waals surface area contributed by atoms with Crippen LogP contribution in [0.15, 0.2) is 292 Å². The number of aromatic nitrogens is 6. The molecule has 15 aromatic rings. The topological polar surface area (TPSA) is 77.3 Å². The van der Waals surface area contributed by atoms with E-state index in [1.807, 2.05) is 73.6 Å². The summed E-state index contributed by atoms with van der Waals surface area (Å²) in [6.45, 7) is 0. The molecule has 0 saturated heterocycles. The van der Waals surface area contributed by atoms with Crippen LogP contribution in [-0.4, -0.2) is 29.9 Å². The maximum Gasteiger partial charge on any atom is 3.00 e. The van der Waals surface area contributed by atoms with Crippen LogP contribution in [0.1, 0.15) is 0 Å². The number of hydrogen-bond donors (Lipinski definition) is 0. The molecule has 0 bridgehead atoms. The van der Waals surface area contributed by atoms with Gasteiger partial charge in [0.15, 0.2) is 0 Å². The SMILES string of the molecule is [Cl-].[Rh+3].c1ccc(-c2ccnc3c2ccc2c(-c4ccccc4)ccnc23)cc1.c1ccc(-c2ccnc3c2ccc2c(-c4ccccc4)ccnc23)cc1.c1ccc(-c2ccnc3c2ccc2c(-c4ccccc4)ccnc23)cc1. The Morgan fingerprint density at radius 3 is 0.438 bits per heavy atom. The first-order chi connectivity index (χ1) is 38.7. The molecule has 0 atom stereocenters. The third kappa shape index (κ3) is 10.3. The monoisotopic (exact) mass is 1130 g/mol. The van der Waals surface area contributed by atoms with Crippen LogP contribution in [0.25, 0.3) is 132 Å². The van der Waals surface area contributed by atoms with Gasteiger partial charge in [0.1, 0.15) is 0 Å². The van der Waals surface area contributed by atoms with Crippen LogP contribution in [0, 0.1) is 0 Å². The zero-order chi connectivity index (χ0) is 52.0. The second kappa shape index (κ2) is 23.9. The van der Waals surface area contributed by atoms with E-state index in [0.717, 1.165) is 65.4 Å². The van der Waals surface area contributed by atoms with Crippen LogP contribution in [0.3, 0.4) is 0 Å². The van der Waals surface area contributed by atoms with Gasteiger partial charge in [0.25, 0.3) is 0 Å². The van der Waals surface area contributed by atoms with Crippen molar-refractivity contribution in [1.29, 1.82) is 0 Å². The van der Waals surface area contributed by atoms with Crippen LogP contribution in [0.4, 0.5) is 0 Å². The predicted octanol–water partition coefficient (Wildman–Crippen LogP) is 15.4. The summed E-state index contributed by atoms with van der Waals surface area (Å²) < 4.78 is 0. The molecule has 9 aromatic carbocycles. The fourth-order valence-corrected chi connectivity index (χ4v) is 10.7. The Balaban J connectivity index is 0.000000125. The van der Waals surface area contributed by atoms with E-state index < -0.39 is 0 Å². The summed E-state index contributed by atoms with van der Waals surface area (Å²) in [5.41, 5.74) is 19.9. The van der Waals surface area contributed by atoms with Gasteiger partial charge in [0.05, 0.1) is 33.1 Å². The minimum atomic E-state index is 0. The Hall–Kier alpha value is -9.65. The third-order valence-corrected chi connectivity index (χ3v) is 14.4. The molecular formula is C72H48ClN6Rh+2. The molecule has 0 aliphatic heterocycles. The summed E-state index contributed by atoms with van der Waals surface area (Å²) in [5.74, 6) is 0. The number of hydrogen-bond acceptors (Lipinski definition) is 6. The smallest absolute Gasteiger partial charge is 1.00 e. The van der Waals surface area contributed by atoms with E-state index in [0.29, 0.717) is 0 Å². The van der Waals surface area contributed by atoms with Crippen molar-refractivity contribution in [3.63, 3.8) is 0 Å². The van der Waals surface area contributed by atoms with E-state index >= 15 is 0 Å². The Morgan fingerprint density at radius 1 is 0.163 bits per heavy atom. The van der Waals surface area contributed by atoms with Crippen molar-refractivity contribution in [2.75, 3.05) is 0 Å². The minimum Gasteiger partial charge on any atom is -1.00 e. The molecule has 6 nitrogen and oxygen atoms in total. The average Bonchev–Trinajstić information content (AvgIpc) is 3.59. The van der Waals surface area contributed by atoms with Crippen LogP contribution >= 0.6 is 0 Å². The first-order valence-corrected chi connectivity index (χ1v) is 26.1. The number of halogens is 1. The number of pyridine rings is 6. The minimum absolute atomic E-state index is 0. The van der Waals surface area contributed by atoms with E-state index in [1.54, 1.807) is 0 Å². The molecule has 0 amide bonds. The molecule has 0 saturated carbocycles. The molecule has 0 unspecified atom stereocenters. The second-order valence-electron chi connectivity index (χ2n) is 18.9. The van der Waals surface area contributed by atoms with Gasteiger partial charge in [-0.05, 0) is 103 Å². The summed E-state index contributed by atoms with van der Waals surface area (Å²) >= 11 is 0. The van der Waals surface area contributed by atoms with Crippen molar-refractivity contribution in [1.82, 2.24) is 29.9 Å². The predicted molar refractivity (Wildman–Crippen MR) is 324 cm³/mol. The summed E-state index contributed by atoms with van der Waals surface area (Å²) in [4.78, 5) is 28.0. The van der Waals surface area contributed by atoms with Crippen LogP contribution < -0.4 is 12.4 Å². The number of rotatable bonds is 6. The molecule has 0 N–H and O–H groups in total. The number of fused-ring (bicyclic) bond motifs is 9. The van der Waals surface area contributed by atoms with Gasteiger partial charge in [-0.25, -0.2) is 0 Å². The van der Waals surface area contributed by atoms with Gasteiger partial charge in [-0.2, -0.15) is 0 Å². The van der Waals surface area contributed by atoms with E-state index in [9.17, 15) is 0 Å². The first kappa shape index (κ1) is 52.4. The van der Waals surface area contributed by atoms with Crippen molar-refractivity contribution in [3.8, 4) is 66.8 Å². The summed E-state index contributed by atoms with van der Waals surface area (Å²) in [6, 6.07) is 88.0. The molecule has 0 fully saturated rings. The van der Waals surface area contributed by atoms with Crippen molar-refractivity contribution in [2.24, 2.45) is 0 Å². The van der Waals surface area contributed by atoms with Gasteiger partial charge in [-0.15, -0.1) is 0 Å². The number of nitrogens with zero attached hydrogens (tertiary/aromatic N) is 6. The Labute approximate surface area is 482 Å². The Bertz CT molecular complexity index is 3830. The summed E-state index contributed by atoms with van der Waals surface area (Å²) in [7, 11) is 0. The van der Waals surface area contributed by atoms with Crippen molar-refractivity contribution >= 4 is 65.4 Å².